The number of benzene rings is 1. The summed E-state index contributed by atoms with van der Waals surface area (Å²) in [4.78, 5) is 35.4. The highest BCUT2D eigenvalue weighted by molar-refractivity contribution is 7.89. The van der Waals surface area contributed by atoms with E-state index in [0.717, 1.165) is 28.5 Å². The number of anilines is 1. The zero-order valence-corrected chi connectivity index (χ0v) is 25.3. The van der Waals surface area contributed by atoms with Crippen molar-refractivity contribution in [1.29, 1.82) is 0 Å². The molecule has 2 aliphatic rings. The maximum absolute atomic E-state index is 13.3. The van der Waals surface area contributed by atoms with Gasteiger partial charge in [-0.3, -0.25) is 4.79 Å². The van der Waals surface area contributed by atoms with Gasteiger partial charge >= 0.3 is 12.3 Å². The third-order valence-corrected chi connectivity index (χ3v) is 10.0. The number of sulfonamides is 1. The monoisotopic (exact) mass is 637 g/mol. The van der Waals surface area contributed by atoms with Crippen LogP contribution in [-0.2, 0) is 27.4 Å². The number of rotatable bonds is 5. The predicted molar refractivity (Wildman–Crippen MR) is 153 cm³/mol. The molecule has 230 valence electrons. The summed E-state index contributed by atoms with van der Waals surface area (Å²) in [5, 5.41) is 3.62. The molecule has 43 heavy (non-hydrogen) atoms. The van der Waals surface area contributed by atoms with Crippen LogP contribution in [0.5, 0.6) is 0 Å². The van der Waals surface area contributed by atoms with Gasteiger partial charge in [0.05, 0.1) is 16.2 Å². The van der Waals surface area contributed by atoms with E-state index in [4.69, 9.17) is 4.74 Å². The third-order valence-electron chi connectivity index (χ3n) is 6.96. The van der Waals surface area contributed by atoms with Crippen LogP contribution in [0.25, 0.3) is 10.6 Å². The van der Waals surface area contributed by atoms with Crippen LogP contribution in [0.2, 0.25) is 0 Å². The molecule has 0 radical (unpaired) electrons. The lowest BCUT2D eigenvalue weighted by Gasteiger charge is -2.32. The molecule has 5 rings (SSSR count). The number of imide groups is 1. The van der Waals surface area contributed by atoms with Gasteiger partial charge in [0, 0.05) is 43.9 Å². The Morgan fingerprint density at radius 2 is 1.72 bits per heavy atom. The van der Waals surface area contributed by atoms with Crippen molar-refractivity contribution in [3.8, 4) is 10.6 Å². The minimum absolute atomic E-state index is 0.112. The van der Waals surface area contributed by atoms with E-state index < -0.39 is 39.4 Å². The number of alkyl halides is 3. The van der Waals surface area contributed by atoms with Gasteiger partial charge in [-0.1, -0.05) is 12.1 Å². The number of nitrogens with zero attached hydrogens (tertiary/aromatic N) is 4. The van der Waals surface area contributed by atoms with Gasteiger partial charge in [0.25, 0.3) is 5.91 Å². The molecule has 1 saturated heterocycles. The summed E-state index contributed by atoms with van der Waals surface area (Å²) in [6.07, 6.45) is -3.10. The number of nitrogens with one attached hydrogen (secondary N) is 1. The summed E-state index contributed by atoms with van der Waals surface area (Å²) in [5.41, 5.74) is -0.345. The van der Waals surface area contributed by atoms with Gasteiger partial charge in [-0.2, -0.15) is 17.5 Å². The molecule has 1 N–H and O–H groups in total. The molecule has 2 aromatic heterocycles. The second kappa shape index (κ2) is 11.5. The predicted octanol–water partition coefficient (Wildman–Crippen LogP) is 5.42. The molecule has 1 fully saturated rings. The number of aromatic nitrogens is 2. The number of ether oxygens (including phenoxy) is 1. The minimum Gasteiger partial charge on any atom is -0.443 e. The number of piperidine rings is 1. The quantitative estimate of drug-likeness (QED) is 0.394. The number of pyridine rings is 1. The standard InChI is InChI=1S/C28H30F3N5O5S2/c1-27(2,3)41-26(38)36-15-12-21-23(25(36)37)42-24(34-21)17-4-7-20(8-5-17)43(39,40)35-13-10-19(11-14-35)33-22-9-6-18(16-32-22)28(29,30)31/h4-9,16,19H,10-15H2,1-3H3,(H,32,33). The second-order valence-electron chi connectivity index (χ2n) is 11.3. The largest absolute Gasteiger partial charge is 0.443 e. The molecule has 0 unspecified atom stereocenters. The van der Waals surface area contributed by atoms with Crippen LogP contribution in [0.1, 0.15) is 54.5 Å². The number of fused-ring (bicyclic) bond motifs is 1. The number of halogens is 3. The van der Waals surface area contributed by atoms with E-state index in [9.17, 15) is 31.2 Å². The molecule has 0 spiro atoms. The number of carbonyl (C=O) groups excluding carboxylic acids is 2. The van der Waals surface area contributed by atoms with Gasteiger partial charge in [-0.25, -0.2) is 28.1 Å². The number of thiazole rings is 1. The highest BCUT2D eigenvalue weighted by atomic mass is 32.2. The molecule has 4 heterocycles. The molecule has 0 bridgehead atoms. The van der Waals surface area contributed by atoms with Crippen LogP contribution in [-0.4, -0.2) is 70.9 Å². The number of hydrogen-bond acceptors (Lipinski definition) is 9. The normalized spacial score (nSPS) is 17.1. The second-order valence-corrected chi connectivity index (χ2v) is 14.2. The van der Waals surface area contributed by atoms with Crippen LogP contribution in [0, 0.1) is 0 Å². The Kier molecular flexibility index (Phi) is 8.26. The molecule has 3 aromatic rings. The average molecular weight is 638 g/mol. The Morgan fingerprint density at radius 3 is 2.30 bits per heavy atom. The van der Waals surface area contributed by atoms with Crippen LogP contribution >= 0.6 is 11.3 Å². The van der Waals surface area contributed by atoms with E-state index in [1.165, 1.54) is 22.5 Å². The Labute approximate surface area is 250 Å². The van der Waals surface area contributed by atoms with Gasteiger partial charge in [-0.05, 0) is 57.9 Å². The molecule has 2 aliphatic heterocycles. The number of hydrogen-bond donors (Lipinski definition) is 1. The fourth-order valence-electron chi connectivity index (χ4n) is 4.76. The Morgan fingerprint density at radius 1 is 1.05 bits per heavy atom. The topological polar surface area (TPSA) is 122 Å². The van der Waals surface area contributed by atoms with E-state index in [1.54, 1.807) is 32.9 Å². The first-order valence-corrected chi connectivity index (χ1v) is 15.8. The highest BCUT2D eigenvalue weighted by Crippen LogP contribution is 2.34. The first kappa shape index (κ1) is 30.9. The summed E-state index contributed by atoms with van der Waals surface area (Å²) in [6, 6.07) is 8.35. The molecule has 0 atom stereocenters. The van der Waals surface area contributed by atoms with Crippen LogP contribution < -0.4 is 5.32 Å². The molecule has 10 nitrogen and oxygen atoms in total. The lowest BCUT2D eigenvalue weighted by atomic mass is 10.1. The Bertz CT molecular complexity index is 1610. The summed E-state index contributed by atoms with van der Waals surface area (Å²) in [7, 11) is -3.79. The number of carbonyl (C=O) groups is 2. The molecule has 2 amide bonds. The van der Waals surface area contributed by atoms with Crippen molar-refractivity contribution in [1.82, 2.24) is 19.2 Å². The van der Waals surface area contributed by atoms with Gasteiger partial charge in [0.1, 0.15) is 21.3 Å². The van der Waals surface area contributed by atoms with Gasteiger partial charge in [-0.15, -0.1) is 11.3 Å². The van der Waals surface area contributed by atoms with Crippen molar-refractivity contribution < 1.29 is 35.9 Å². The van der Waals surface area contributed by atoms with Crippen molar-refractivity contribution >= 4 is 39.2 Å². The van der Waals surface area contributed by atoms with Crippen molar-refractivity contribution in [2.24, 2.45) is 0 Å². The Hall–Kier alpha value is -3.56. The van der Waals surface area contributed by atoms with E-state index in [1.807, 2.05) is 0 Å². The van der Waals surface area contributed by atoms with Crippen LogP contribution in [0.15, 0.2) is 47.5 Å². The molecule has 0 saturated carbocycles. The molecule has 15 heteroatoms. The first-order valence-electron chi connectivity index (χ1n) is 13.6. The molecule has 0 aliphatic carbocycles. The summed E-state index contributed by atoms with van der Waals surface area (Å²) < 4.78 is 71.7. The zero-order chi connectivity index (χ0) is 31.2. The van der Waals surface area contributed by atoms with E-state index in [-0.39, 0.29) is 30.6 Å². The molecule has 1 aromatic carbocycles. The van der Waals surface area contributed by atoms with Crippen LogP contribution in [0.4, 0.5) is 23.8 Å². The Balaban J connectivity index is 1.21. The van der Waals surface area contributed by atoms with Crippen molar-refractivity contribution in [2.75, 3.05) is 25.0 Å². The summed E-state index contributed by atoms with van der Waals surface area (Å²) in [6.45, 7) is 5.81. The lowest BCUT2D eigenvalue weighted by Crippen LogP contribution is -2.44. The van der Waals surface area contributed by atoms with Gasteiger partial charge in [0.15, 0.2) is 0 Å². The smallest absolute Gasteiger partial charge is 0.417 e. The summed E-state index contributed by atoms with van der Waals surface area (Å²) in [5.74, 6) is -0.168. The fourth-order valence-corrected chi connectivity index (χ4v) is 7.30. The minimum atomic E-state index is -4.46. The first-order chi connectivity index (χ1) is 20.1. The van der Waals surface area contributed by atoms with Crippen LogP contribution in [0.3, 0.4) is 0 Å². The van der Waals surface area contributed by atoms with Crippen molar-refractivity contribution in [3.63, 3.8) is 0 Å². The summed E-state index contributed by atoms with van der Waals surface area (Å²) >= 11 is 1.14. The van der Waals surface area contributed by atoms with Crippen molar-refractivity contribution in [3.05, 3.63) is 58.7 Å². The number of amides is 2. The van der Waals surface area contributed by atoms with E-state index >= 15 is 0 Å². The zero-order valence-electron chi connectivity index (χ0n) is 23.6. The van der Waals surface area contributed by atoms with E-state index in [0.29, 0.717) is 46.2 Å². The molecular formula is C28H30F3N5O5S2. The van der Waals surface area contributed by atoms with Gasteiger partial charge in [0.2, 0.25) is 10.0 Å². The van der Waals surface area contributed by atoms with Gasteiger partial charge < -0.3 is 10.1 Å². The molecular weight excluding hydrogens is 607 g/mol. The maximum atomic E-state index is 13.3. The average Bonchev–Trinajstić information content (AvgIpc) is 3.38. The van der Waals surface area contributed by atoms with Crippen molar-refractivity contribution in [2.45, 2.75) is 62.7 Å². The SMILES string of the molecule is CC(C)(C)OC(=O)N1CCc2nc(-c3ccc(S(=O)(=O)N4CCC(Nc5ccc(C(F)(F)F)cn5)CC4)cc3)sc2C1=O. The highest BCUT2D eigenvalue weighted by Gasteiger charge is 2.35. The fraction of sp³-hybridized carbons (Fsp3) is 0.429. The van der Waals surface area contributed by atoms with E-state index in [2.05, 4.69) is 15.3 Å². The third kappa shape index (κ3) is 6.83. The maximum Gasteiger partial charge on any atom is 0.417 e. The lowest BCUT2D eigenvalue weighted by molar-refractivity contribution is -0.137.